The van der Waals surface area contributed by atoms with Crippen molar-refractivity contribution in [3.8, 4) is 11.1 Å². The maximum absolute atomic E-state index is 12.3. The van der Waals surface area contributed by atoms with Crippen LogP contribution in [-0.4, -0.2) is 24.9 Å². The minimum atomic E-state index is -1.03. The summed E-state index contributed by atoms with van der Waals surface area (Å²) in [4.78, 5) is 23.4. The molecular formula is C19H17N3O2S. The minimum Gasteiger partial charge on any atom is -0.335 e. The zero-order valence-corrected chi connectivity index (χ0v) is 14.7. The number of pyridine rings is 2. The second-order valence-electron chi connectivity index (χ2n) is 5.98. The lowest BCUT2D eigenvalue weighted by Crippen LogP contribution is -2.05. The molecule has 0 aliphatic rings. The summed E-state index contributed by atoms with van der Waals surface area (Å²) in [6.07, 6.45) is 3.49. The molecule has 0 saturated carbocycles. The number of hydrogen-bond acceptors (Lipinski definition) is 3. The number of benzene rings is 1. The zero-order chi connectivity index (χ0) is 17.6. The van der Waals surface area contributed by atoms with Crippen LogP contribution in [0, 0.1) is 6.92 Å². The Kier molecular flexibility index (Phi) is 3.77. The van der Waals surface area contributed by atoms with Crippen LogP contribution < -0.4 is 5.56 Å². The maximum atomic E-state index is 12.3. The summed E-state index contributed by atoms with van der Waals surface area (Å²) in [6.45, 7) is 3.87. The molecule has 4 aromatic rings. The topological polar surface area (TPSA) is 78.6 Å². The van der Waals surface area contributed by atoms with Gasteiger partial charge < -0.3 is 9.97 Å². The van der Waals surface area contributed by atoms with E-state index in [0.29, 0.717) is 16.9 Å². The molecule has 126 valence electrons. The first-order valence-electron chi connectivity index (χ1n) is 8.07. The van der Waals surface area contributed by atoms with Crippen LogP contribution in [0.15, 0.2) is 52.4 Å². The SMILES string of the molecule is CCS(=O)c1cccc(-c2c[nH]c(=O)c3[nH]c4ncc(C)cc4c23)c1. The molecule has 1 aromatic carbocycles. The van der Waals surface area contributed by atoms with Crippen LogP contribution in [0.5, 0.6) is 0 Å². The van der Waals surface area contributed by atoms with Gasteiger partial charge in [-0.25, -0.2) is 4.98 Å². The van der Waals surface area contributed by atoms with E-state index in [1.807, 2.05) is 44.2 Å². The van der Waals surface area contributed by atoms with Gasteiger partial charge in [0.1, 0.15) is 11.2 Å². The quantitative estimate of drug-likeness (QED) is 0.593. The predicted octanol–water partition coefficient (Wildman–Crippen LogP) is 3.51. The summed E-state index contributed by atoms with van der Waals surface area (Å²) in [5.74, 6) is 0.570. The van der Waals surface area contributed by atoms with Crippen LogP contribution in [-0.2, 0) is 10.8 Å². The number of nitrogens with zero attached hydrogens (tertiary/aromatic N) is 1. The molecule has 6 heteroatoms. The van der Waals surface area contributed by atoms with Crippen molar-refractivity contribution in [3.05, 3.63) is 58.6 Å². The Morgan fingerprint density at radius 3 is 2.88 bits per heavy atom. The second kappa shape index (κ2) is 5.97. The highest BCUT2D eigenvalue weighted by Crippen LogP contribution is 2.32. The Bertz CT molecular complexity index is 1190. The Labute approximate surface area is 146 Å². The van der Waals surface area contributed by atoms with Gasteiger partial charge in [0.15, 0.2) is 0 Å². The van der Waals surface area contributed by atoms with Crippen LogP contribution in [0.4, 0.5) is 0 Å². The third-order valence-corrected chi connectivity index (χ3v) is 5.61. The van der Waals surface area contributed by atoms with Crippen molar-refractivity contribution < 1.29 is 4.21 Å². The highest BCUT2D eigenvalue weighted by atomic mass is 32.2. The van der Waals surface area contributed by atoms with E-state index in [1.165, 1.54) is 0 Å². The molecule has 0 aliphatic heterocycles. The molecule has 0 spiro atoms. The van der Waals surface area contributed by atoms with Gasteiger partial charge in [0.05, 0.1) is 10.8 Å². The van der Waals surface area contributed by atoms with Crippen molar-refractivity contribution in [3.63, 3.8) is 0 Å². The van der Waals surface area contributed by atoms with E-state index < -0.39 is 10.8 Å². The maximum Gasteiger partial charge on any atom is 0.272 e. The fraction of sp³-hybridized carbons (Fsp3) is 0.158. The number of H-pyrrole nitrogens is 2. The molecule has 0 fully saturated rings. The standard InChI is InChI=1S/C19H17N3O2S/c1-3-25(24)13-6-4-5-12(8-13)15-10-21-19(23)17-16(15)14-7-11(2)9-20-18(14)22-17/h4-10H,3H2,1-2H3,(H,20,22)(H,21,23). The summed E-state index contributed by atoms with van der Waals surface area (Å²) in [6, 6.07) is 9.68. The predicted molar refractivity (Wildman–Crippen MR) is 101 cm³/mol. The molecule has 25 heavy (non-hydrogen) atoms. The van der Waals surface area contributed by atoms with E-state index in [-0.39, 0.29) is 5.56 Å². The first-order chi connectivity index (χ1) is 12.1. The molecule has 0 aliphatic carbocycles. The van der Waals surface area contributed by atoms with Crippen molar-refractivity contribution in [1.29, 1.82) is 0 Å². The van der Waals surface area contributed by atoms with Crippen LogP contribution in [0.25, 0.3) is 33.1 Å². The molecular weight excluding hydrogens is 334 g/mol. The molecule has 0 radical (unpaired) electrons. The van der Waals surface area contributed by atoms with E-state index in [4.69, 9.17) is 0 Å². The van der Waals surface area contributed by atoms with Gasteiger partial charge in [0.2, 0.25) is 0 Å². The van der Waals surface area contributed by atoms with Gasteiger partial charge in [0, 0.05) is 39.4 Å². The first-order valence-corrected chi connectivity index (χ1v) is 9.39. The molecule has 1 unspecified atom stereocenters. The summed E-state index contributed by atoms with van der Waals surface area (Å²) in [5.41, 5.74) is 3.86. The number of hydrogen-bond donors (Lipinski definition) is 2. The van der Waals surface area contributed by atoms with E-state index in [2.05, 4.69) is 15.0 Å². The Morgan fingerprint density at radius 1 is 1.24 bits per heavy atom. The van der Waals surface area contributed by atoms with E-state index >= 15 is 0 Å². The van der Waals surface area contributed by atoms with Crippen molar-refractivity contribution in [1.82, 2.24) is 15.0 Å². The zero-order valence-electron chi connectivity index (χ0n) is 13.9. The second-order valence-corrected chi connectivity index (χ2v) is 7.72. The third-order valence-electron chi connectivity index (χ3n) is 4.30. The molecule has 4 rings (SSSR count). The Hall–Kier alpha value is -2.73. The van der Waals surface area contributed by atoms with Crippen molar-refractivity contribution in [2.75, 3.05) is 5.75 Å². The van der Waals surface area contributed by atoms with Gasteiger partial charge in [-0.05, 0) is 36.2 Å². The van der Waals surface area contributed by atoms with E-state index in [1.54, 1.807) is 12.4 Å². The molecule has 5 nitrogen and oxygen atoms in total. The lowest BCUT2D eigenvalue weighted by molar-refractivity contribution is 0.684. The molecule has 3 aromatic heterocycles. The summed E-state index contributed by atoms with van der Waals surface area (Å²) >= 11 is 0. The largest absolute Gasteiger partial charge is 0.335 e. The van der Waals surface area contributed by atoms with E-state index in [0.717, 1.165) is 32.4 Å². The van der Waals surface area contributed by atoms with Gasteiger partial charge in [0.25, 0.3) is 5.56 Å². The average Bonchev–Trinajstić information content (AvgIpc) is 3.01. The van der Waals surface area contributed by atoms with Crippen LogP contribution in [0.2, 0.25) is 0 Å². The summed E-state index contributed by atoms with van der Waals surface area (Å²) < 4.78 is 12.2. The number of aromatic nitrogens is 3. The van der Waals surface area contributed by atoms with Gasteiger partial charge >= 0.3 is 0 Å². The van der Waals surface area contributed by atoms with Gasteiger partial charge in [-0.1, -0.05) is 19.1 Å². The van der Waals surface area contributed by atoms with Crippen LogP contribution >= 0.6 is 0 Å². The average molecular weight is 351 g/mol. The van der Waals surface area contributed by atoms with E-state index in [9.17, 15) is 9.00 Å². The van der Waals surface area contributed by atoms with Crippen molar-refractivity contribution >= 4 is 32.7 Å². The number of aromatic amines is 2. The summed E-state index contributed by atoms with van der Waals surface area (Å²) in [5, 5.41) is 1.76. The fourth-order valence-corrected chi connectivity index (χ4v) is 3.93. The molecule has 2 N–H and O–H groups in total. The fourth-order valence-electron chi connectivity index (χ4n) is 3.11. The van der Waals surface area contributed by atoms with Crippen LogP contribution in [0.1, 0.15) is 12.5 Å². The highest BCUT2D eigenvalue weighted by Gasteiger charge is 2.15. The molecule has 0 amide bonds. The van der Waals surface area contributed by atoms with Crippen molar-refractivity contribution in [2.45, 2.75) is 18.7 Å². The van der Waals surface area contributed by atoms with Crippen molar-refractivity contribution in [2.24, 2.45) is 0 Å². The molecule has 1 atom stereocenters. The highest BCUT2D eigenvalue weighted by molar-refractivity contribution is 7.85. The molecule has 3 heterocycles. The Balaban J connectivity index is 2.07. The summed E-state index contributed by atoms with van der Waals surface area (Å²) in [7, 11) is -1.03. The first kappa shape index (κ1) is 15.8. The number of nitrogens with one attached hydrogen (secondary N) is 2. The van der Waals surface area contributed by atoms with Gasteiger partial charge in [-0.2, -0.15) is 0 Å². The normalized spacial score (nSPS) is 12.7. The van der Waals surface area contributed by atoms with Crippen LogP contribution in [0.3, 0.4) is 0 Å². The third kappa shape index (κ3) is 2.59. The monoisotopic (exact) mass is 351 g/mol. The number of aryl methyl sites for hydroxylation is 1. The lowest BCUT2D eigenvalue weighted by atomic mass is 10.0. The smallest absolute Gasteiger partial charge is 0.272 e. The number of fused-ring (bicyclic) bond motifs is 3. The minimum absolute atomic E-state index is 0.178. The molecule has 0 bridgehead atoms. The van der Waals surface area contributed by atoms with Gasteiger partial charge in [-0.3, -0.25) is 9.00 Å². The van der Waals surface area contributed by atoms with Gasteiger partial charge in [-0.15, -0.1) is 0 Å². The lowest BCUT2D eigenvalue weighted by Gasteiger charge is -2.07. The number of rotatable bonds is 3. The Morgan fingerprint density at radius 2 is 2.08 bits per heavy atom. The molecule has 0 saturated heterocycles.